The molecule has 0 bridgehead atoms. The third kappa shape index (κ3) is 5.21. The smallest absolute Gasteiger partial charge is 0.229 e. The first-order chi connectivity index (χ1) is 14.0. The first-order valence-electron chi connectivity index (χ1n) is 9.56. The number of rotatable bonds is 6. The van der Waals surface area contributed by atoms with Crippen LogP contribution < -0.4 is 14.8 Å². The Balaban J connectivity index is 1.66. The molecule has 1 aliphatic heterocycles. The van der Waals surface area contributed by atoms with Gasteiger partial charge in [0.15, 0.2) is 0 Å². The number of likely N-dealkylation sites (tertiary alicyclic amines) is 1. The van der Waals surface area contributed by atoms with Gasteiger partial charge in [0.25, 0.3) is 0 Å². The first-order valence-corrected chi connectivity index (χ1v) is 9.93. The molecule has 1 fully saturated rings. The maximum absolute atomic E-state index is 12.9. The second-order valence-corrected chi connectivity index (χ2v) is 7.42. The minimum atomic E-state index is -0.283. The van der Waals surface area contributed by atoms with Gasteiger partial charge in [0.1, 0.15) is 11.5 Å². The summed E-state index contributed by atoms with van der Waals surface area (Å²) in [6.45, 7) is 1.08. The number of nitrogens with zero attached hydrogens (tertiary/aromatic N) is 1. The molecule has 1 unspecified atom stereocenters. The molecule has 1 atom stereocenters. The number of benzene rings is 2. The Bertz CT molecular complexity index is 873. The predicted molar refractivity (Wildman–Crippen MR) is 113 cm³/mol. The minimum Gasteiger partial charge on any atom is -0.495 e. The molecule has 2 aromatic rings. The van der Waals surface area contributed by atoms with E-state index in [1.54, 1.807) is 17.0 Å². The van der Waals surface area contributed by atoms with E-state index in [1.807, 2.05) is 30.3 Å². The maximum atomic E-state index is 12.9. The third-order valence-electron chi connectivity index (χ3n) is 5.07. The molecule has 1 aliphatic rings. The molecule has 29 heavy (non-hydrogen) atoms. The topological polar surface area (TPSA) is 67.9 Å². The molecular formula is C22H25ClN2O4. The molecule has 3 rings (SSSR count). The Morgan fingerprint density at radius 3 is 2.55 bits per heavy atom. The molecule has 1 heterocycles. The van der Waals surface area contributed by atoms with E-state index in [1.165, 1.54) is 14.2 Å². The Labute approximate surface area is 175 Å². The minimum absolute atomic E-state index is 0.0412. The lowest BCUT2D eigenvalue weighted by atomic mass is 9.96. The highest BCUT2D eigenvalue weighted by Gasteiger charge is 2.29. The van der Waals surface area contributed by atoms with E-state index in [0.29, 0.717) is 41.7 Å². The average molecular weight is 417 g/mol. The highest BCUT2D eigenvalue weighted by molar-refractivity contribution is 6.32. The Hall–Kier alpha value is -2.73. The number of piperidine rings is 1. The Kier molecular flexibility index (Phi) is 6.99. The molecule has 2 aromatic carbocycles. The Morgan fingerprint density at radius 2 is 1.86 bits per heavy atom. The van der Waals surface area contributed by atoms with E-state index in [-0.39, 0.29) is 17.7 Å². The van der Waals surface area contributed by atoms with Crippen molar-refractivity contribution >= 4 is 29.1 Å². The highest BCUT2D eigenvalue weighted by Crippen LogP contribution is 2.36. The fourth-order valence-electron chi connectivity index (χ4n) is 3.49. The van der Waals surface area contributed by atoms with Crippen molar-refractivity contribution in [1.29, 1.82) is 0 Å². The van der Waals surface area contributed by atoms with Gasteiger partial charge in [0.05, 0.1) is 37.3 Å². The van der Waals surface area contributed by atoms with Crippen LogP contribution in [0.2, 0.25) is 5.02 Å². The molecule has 0 spiro atoms. The van der Waals surface area contributed by atoms with Gasteiger partial charge in [-0.25, -0.2) is 0 Å². The molecule has 154 valence electrons. The van der Waals surface area contributed by atoms with Gasteiger partial charge in [-0.3, -0.25) is 9.59 Å². The van der Waals surface area contributed by atoms with Crippen LogP contribution in [0.25, 0.3) is 0 Å². The zero-order valence-corrected chi connectivity index (χ0v) is 17.4. The number of methoxy groups -OCH3 is 2. The summed E-state index contributed by atoms with van der Waals surface area (Å²) in [5, 5.41) is 3.30. The largest absolute Gasteiger partial charge is 0.495 e. The first kappa shape index (κ1) is 21.0. The summed E-state index contributed by atoms with van der Waals surface area (Å²) in [6, 6.07) is 12.9. The zero-order chi connectivity index (χ0) is 20.8. The number of carbonyl (C=O) groups excluding carboxylic acids is 2. The lowest BCUT2D eigenvalue weighted by Gasteiger charge is -2.32. The second kappa shape index (κ2) is 9.65. The molecule has 1 N–H and O–H groups in total. The van der Waals surface area contributed by atoms with Crippen LogP contribution in [-0.4, -0.2) is 44.0 Å². The van der Waals surface area contributed by atoms with Crippen molar-refractivity contribution < 1.29 is 19.1 Å². The number of hydrogen-bond donors (Lipinski definition) is 1. The summed E-state index contributed by atoms with van der Waals surface area (Å²) in [6.07, 6.45) is 1.87. The van der Waals surface area contributed by atoms with E-state index in [2.05, 4.69) is 5.32 Å². The average Bonchev–Trinajstić information content (AvgIpc) is 2.75. The third-order valence-corrected chi connectivity index (χ3v) is 5.37. The lowest BCUT2D eigenvalue weighted by molar-refractivity contribution is -0.133. The molecule has 1 saturated heterocycles. The molecular weight excluding hydrogens is 392 g/mol. The molecule has 0 aromatic heterocycles. The van der Waals surface area contributed by atoms with E-state index in [4.69, 9.17) is 21.1 Å². The summed E-state index contributed by atoms with van der Waals surface area (Å²) in [4.78, 5) is 27.3. The molecule has 6 nitrogen and oxygen atoms in total. The van der Waals surface area contributed by atoms with Crippen molar-refractivity contribution in [3.8, 4) is 11.5 Å². The lowest BCUT2D eigenvalue weighted by Crippen LogP contribution is -2.44. The number of carbonyl (C=O) groups is 2. The zero-order valence-electron chi connectivity index (χ0n) is 16.6. The van der Waals surface area contributed by atoms with Gasteiger partial charge in [-0.05, 0) is 18.4 Å². The van der Waals surface area contributed by atoms with Crippen LogP contribution in [0.1, 0.15) is 18.4 Å². The van der Waals surface area contributed by atoms with Crippen molar-refractivity contribution in [2.24, 2.45) is 5.92 Å². The van der Waals surface area contributed by atoms with E-state index >= 15 is 0 Å². The number of halogens is 1. The summed E-state index contributed by atoms with van der Waals surface area (Å²) in [7, 11) is 3.02. The van der Waals surface area contributed by atoms with Gasteiger partial charge in [-0.15, -0.1) is 0 Å². The standard InChI is InChI=1S/C22H25ClN2O4/c1-28-19-13-18(20(29-2)12-17(19)23)24-22(27)16-9-6-10-25(14-16)21(26)11-15-7-4-3-5-8-15/h3-5,7-8,12-13,16H,6,9-11,14H2,1-2H3,(H,24,27). The SMILES string of the molecule is COc1cc(NC(=O)C2CCCN(C(=O)Cc3ccccc3)C2)c(OC)cc1Cl. The fraction of sp³-hybridized carbons (Fsp3) is 0.364. The number of hydrogen-bond acceptors (Lipinski definition) is 4. The molecule has 0 radical (unpaired) electrons. The monoisotopic (exact) mass is 416 g/mol. The van der Waals surface area contributed by atoms with Gasteiger partial charge < -0.3 is 19.7 Å². The van der Waals surface area contributed by atoms with Gasteiger partial charge in [-0.1, -0.05) is 41.9 Å². The molecule has 0 saturated carbocycles. The van der Waals surface area contributed by atoms with Crippen LogP contribution in [0, 0.1) is 5.92 Å². The summed E-state index contributed by atoms with van der Waals surface area (Å²) < 4.78 is 10.5. The van der Waals surface area contributed by atoms with Gasteiger partial charge in [-0.2, -0.15) is 0 Å². The molecule has 7 heteroatoms. The fourth-order valence-corrected chi connectivity index (χ4v) is 3.72. The van der Waals surface area contributed by atoms with Crippen molar-refractivity contribution in [1.82, 2.24) is 4.90 Å². The molecule has 2 amide bonds. The molecule has 0 aliphatic carbocycles. The van der Waals surface area contributed by atoms with Gasteiger partial charge in [0.2, 0.25) is 11.8 Å². The summed E-state index contributed by atoms with van der Waals surface area (Å²) in [5.41, 5.74) is 1.47. The van der Waals surface area contributed by atoms with Crippen molar-refractivity contribution in [2.75, 3.05) is 32.6 Å². The highest BCUT2D eigenvalue weighted by atomic mass is 35.5. The van der Waals surface area contributed by atoms with Crippen molar-refractivity contribution in [3.63, 3.8) is 0 Å². The Morgan fingerprint density at radius 1 is 1.14 bits per heavy atom. The number of anilines is 1. The van der Waals surface area contributed by atoms with Crippen LogP contribution in [0.3, 0.4) is 0 Å². The van der Waals surface area contributed by atoms with Crippen LogP contribution in [-0.2, 0) is 16.0 Å². The second-order valence-electron chi connectivity index (χ2n) is 7.02. The summed E-state index contributed by atoms with van der Waals surface area (Å²) in [5.74, 6) is 0.516. The number of ether oxygens (including phenoxy) is 2. The van der Waals surface area contributed by atoms with Crippen LogP contribution >= 0.6 is 11.6 Å². The number of nitrogens with one attached hydrogen (secondary N) is 1. The van der Waals surface area contributed by atoms with E-state index in [9.17, 15) is 9.59 Å². The predicted octanol–water partition coefficient (Wildman–Crippen LogP) is 3.78. The maximum Gasteiger partial charge on any atom is 0.229 e. The van der Waals surface area contributed by atoms with Gasteiger partial charge >= 0.3 is 0 Å². The quantitative estimate of drug-likeness (QED) is 0.778. The van der Waals surface area contributed by atoms with Crippen LogP contribution in [0.5, 0.6) is 11.5 Å². The van der Waals surface area contributed by atoms with E-state index in [0.717, 1.165) is 18.4 Å². The number of amides is 2. The van der Waals surface area contributed by atoms with Crippen molar-refractivity contribution in [2.45, 2.75) is 19.3 Å². The van der Waals surface area contributed by atoms with Gasteiger partial charge in [0, 0.05) is 25.2 Å². The van der Waals surface area contributed by atoms with Crippen LogP contribution in [0.4, 0.5) is 5.69 Å². The summed E-state index contributed by atoms with van der Waals surface area (Å²) >= 11 is 6.12. The normalized spacial score (nSPS) is 16.2. The van der Waals surface area contributed by atoms with Crippen LogP contribution in [0.15, 0.2) is 42.5 Å². The van der Waals surface area contributed by atoms with Crippen molar-refractivity contribution in [3.05, 3.63) is 53.1 Å². The van der Waals surface area contributed by atoms with E-state index < -0.39 is 0 Å².